The fourth-order valence-corrected chi connectivity index (χ4v) is 1.46. The first kappa shape index (κ1) is 14.1. The molecule has 0 saturated heterocycles. The highest BCUT2D eigenvalue weighted by Crippen LogP contribution is 2.24. The maximum absolute atomic E-state index is 10.9. The van der Waals surface area contributed by atoms with Gasteiger partial charge in [-0.15, -0.1) is 0 Å². The van der Waals surface area contributed by atoms with Crippen molar-refractivity contribution in [2.24, 2.45) is 0 Å². The average molecular weight is 251 g/mol. The molecule has 0 spiro atoms. The van der Waals surface area contributed by atoms with Crippen molar-refractivity contribution in [3.05, 3.63) is 33.9 Å². The summed E-state index contributed by atoms with van der Waals surface area (Å²) in [5.74, 6) is 0. The number of rotatable bonds is 7. The molecule has 0 aromatic heterocycles. The zero-order valence-corrected chi connectivity index (χ0v) is 10.5. The zero-order chi connectivity index (χ0) is 13.5. The number of aldehydes is 1. The van der Waals surface area contributed by atoms with Crippen LogP contribution in [-0.4, -0.2) is 42.8 Å². The second-order valence-corrected chi connectivity index (χ2v) is 3.97. The van der Waals surface area contributed by atoms with Gasteiger partial charge < -0.3 is 10.2 Å². The fourth-order valence-electron chi connectivity index (χ4n) is 1.46. The van der Waals surface area contributed by atoms with Crippen LogP contribution < -0.4 is 5.32 Å². The maximum Gasteiger partial charge on any atom is 0.293 e. The Morgan fingerprint density at radius 1 is 1.50 bits per heavy atom. The summed E-state index contributed by atoms with van der Waals surface area (Å²) < 4.78 is 0. The van der Waals surface area contributed by atoms with Gasteiger partial charge in [-0.25, -0.2) is 0 Å². The van der Waals surface area contributed by atoms with Crippen molar-refractivity contribution >= 4 is 17.7 Å². The molecule has 0 aliphatic carbocycles. The fraction of sp³-hybridized carbons (Fsp3) is 0.417. The van der Waals surface area contributed by atoms with Gasteiger partial charge in [-0.3, -0.25) is 14.9 Å². The lowest BCUT2D eigenvalue weighted by molar-refractivity contribution is -0.384. The number of benzene rings is 1. The highest BCUT2D eigenvalue weighted by Gasteiger charge is 2.14. The Morgan fingerprint density at radius 3 is 2.78 bits per heavy atom. The third-order valence-electron chi connectivity index (χ3n) is 2.70. The molecule has 6 heteroatoms. The number of nitrogens with one attached hydrogen (secondary N) is 1. The van der Waals surface area contributed by atoms with E-state index < -0.39 is 4.92 Å². The molecule has 0 saturated carbocycles. The third-order valence-corrected chi connectivity index (χ3v) is 2.70. The summed E-state index contributed by atoms with van der Waals surface area (Å²) in [7, 11) is 1.98. The van der Waals surface area contributed by atoms with Crippen LogP contribution in [0.1, 0.15) is 17.3 Å². The van der Waals surface area contributed by atoms with Crippen molar-refractivity contribution in [2.45, 2.75) is 6.92 Å². The minimum absolute atomic E-state index is 0.0706. The van der Waals surface area contributed by atoms with Crippen molar-refractivity contribution in [3.8, 4) is 0 Å². The first-order chi connectivity index (χ1) is 8.58. The van der Waals surface area contributed by atoms with E-state index in [0.717, 1.165) is 13.1 Å². The van der Waals surface area contributed by atoms with Crippen LogP contribution in [0.3, 0.4) is 0 Å². The summed E-state index contributed by atoms with van der Waals surface area (Å²) in [6, 6.07) is 4.40. The molecule has 0 aliphatic rings. The van der Waals surface area contributed by atoms with Crippen LogP contribution >= 0.6 is 0 Å². The molecular weight excluding hydrogens is 234 g/mol. The predicted molar refractivity (Wildman–Crippen MR) is 70.1 cm³/mol. The molecule has 0 unspecified atom stereocenters. The summed E-state index contributed by atoms with van der Waals surface area (Å²) in [5, 5.41) is 13.9. The van der Waals surface area contributed by atoms with Crippen molar-refractivity contribution in [1.82, 2.24) is 4.90 Å². The van der Waals surface area contributed by atoms with E-state index in [1.807, 2.05) is 14.0 Å². The lowest BCUT2D eigenvalue weighted by atomic mass is 10.2. The van der Waals surface area contributed by atoms with Crippen LogP contribution in [0.2, 0.25) is 0 Å². The second kappa shape index (κ2) is 6.70. The van der Waals surface area contributed by atoms with E-state index in [-0.39, 0.29) is 5.69 Å². The van der Waals surface area contributed by atoms with Crippen LogP contribution in [-0.2, 0) is 0 Å². The summed E-state index contributed by atoms with van der Waals surface area (Å²) in [5.41, 5.74) is 0.673. The van der Waals surface area contributed by atoms with Crippen molar-refractivity contribution in [1.29, 1.82) is 0 Å². The lowest BCUT2D eigenvalue weighted by Gasteiger charge is -2.14. The van der Waals surface area contributed by atoms with E-state index in [4.69, 9.17) is 0 Å². The maximum atomic E-state index is 10.9. The van der Waals surface area contributed by atoms with Crippen LogP contribution in [0.5, 0.6) is 0 Å². The molecule has 0 bridgehead atoms. The first-order valence-electron chi connectivity index (χ1n) is 5.74. The molecule has 0 radical (unpaired) electrons. The van der Waals surface area contributed by atoms with Gasteiger partial charge in [0.15, 0.2) is 0 Å². The number of likely N-dealkylation sites (N-methyl/N-ethyl adjacent to an activating group) is 1. The summed E-state index contributed by atoms with van der Waals surface area (Å²) in [4.78, 5) is 23.1. The highest BCUT2D eigenvalue weighted by molar-refractivity contribution is 5.79. The lowest BCUT2D eigenvalue weighted by Crippen LogP contribution is -2.24. The molecule has 1 rings (SSSR count). The molecule has 1 aromatic rings. The molecular formula is C12H17N3O3. The third kappa shape index (κ3) is 3.81. The van der Waals surface area contributed by atoms with Gasteiger partial charge in [-0.2, -0.15) is 0 Å². The van der Waals surface area contributed by atoms with Crippen molar-refractivity contribution in [2.75, 3.05) is 32.0 Å². The van der Waals surface area contributed by atoms with Crippen molar-refractivity contribution < 1.29 is 9.72 Å². The van der Waals surface area contributed by atoms with E-state index in [9.17, 15) is 14.9 Å². The SMILES string of the molecule is CCN(C)CCNc1ccc(C=O)cc1[N+](=O)[O-]. The number of carbonyl (C=O) groups excluding carboxylic acids is 1. The smallest absolute Gasteiger partial charge is 0.293 e. The first-order valence-corrected chi connectivity index (χ1v) is 5.74. The molecule has 1 N–H and O–H groups in total. The summed E-state index contributed by atoms with van der Waals surface area (Å²) in [6.07, 6.45) is 0.599. The largest absolute Gasteiger partial charge is 0.378 e. The van der Waals surface area contributed by atoms with Gasteiger partial charge in [0, 0.05) is 24.7 Å². The van der Waals surface area contributed by atoms with Gasteiger partial charge in [0.25, 0.3) is 5.69 Å². The van der Waals surface area contributed by atoms with Crippen LogP contribution in [0, 0.1) is 10.1 Å². The second-order valence-electron chi connectivity index (χ2n) is 3.97. The standard InChI is InChI=1S/C12H17N3O3/c1-3-14(2)7-6-13-11-5-4-10(9-16)8-12(11)15(17)18/h4-5,8-9,13H,3,6-7H2,1-2H3. The van der Waals surface area contributed by atoms with Gasteiger partial charge in [-0.1, -0.05) is 6.92 Å². The normalized spacial score (nSPS) is 10.4. The Kier molecular flexibility index (Phi) is 5.26. The number of nitro groups is 1. The summed E-state index contributed by atoms with van der Waals surface area (Å²) in [6.45, 7) is 4.38. The molecule has 0 heterocycles. The van der Waals surface area contributed by atoms with Crippen LogP contribution in [0.25, 0.3) is 0 Å². The Bertz CT molecular complexity index is 435. The number of nitro benzene ring substituents is 1. The van der Waals surface area contributed by atoms with Crippen LogP contribution in [0.4, 0.5) is 11.4 Å². The minimum atomic E-state index is -0.487. The van der Waals surface area contributed by atoms with Gasteiger partial charge in [0.05, 0.1) is 4.92 Å². The predicted octanol–water partition coefficient (Wildman–Crippen LogP) is 1.77. The van der Waals surface area contributed by atoms with Gasteiger partial charge in [0.1, 0.15) is 12.0 Å². The Morgan fingerprint density at radius 2 is 2.22 bits per heavy atom. The molecule has 0 amide bonds. The molecule has 98 valence electrons. The Hall–Kier alpha value is -1.95. The zero-order valence-electron chi connectivity index (χ0n) is 10.5. The van der Waals surface area contributed by atoms with E-state index >= 15 is 0 Å². The van der Waals surface area contributed by atoms with E-state index in [1.54, 1.807) is 12.1 Å². The molecule has 0 atom stereocenters. The minimum Gasteiger partial charge on any atom is -0.378 e. The van der Waals surface area contributed by atoms with E-state index in [2.05, 4.69) is 10.2 Å². The molecule has 18 heavy (non-hydrogen) atoms. The van der Waals surface area contributed by atoms with E-state index in [0.29, 0.717) is 24.1 Å². The number of hydrogen-bond acceptors (Lipinski definition) is 5. The molecule has 0 fully saturated rings. The van der Waals surface area contributed by atoms with Crippen molar-refractivity contribution in [3.63, 3.8) is 0 Å². The highest BCUT2D eigenvalue weighted by atomic mass is 16.6. The Labute approximate surface area is 106 Å². The quantitative estimate of drug-likeness (QED) is 0.454. The van der Waals surface area contributed by atoms with Gasteiger partial charge >= 0.3 is 0 Å². The number of hydrogen-bond donors (Lipinski definition) is 1. The molecule has 0 aliphatic heterocycles. The number of anilines is 1. The molecule has 1 aromatic carbocycles. The number of nitrogens with zero attached hydrogens (tertiary/aromatic N) is 2. The van der Waals surface area contributed by atoms with Gasteiger partial charge in [-0.05, 0) is 25.7 Å². The Balaban J connectivity index is 2.75. The average Bonchev–Trinajstić information content (AvgIpc) is 2.38. The van der Waals surface area contributed by atoms with Crippen LogP contribution in [0.15, 0.2) is 18.2 Å². The molecule has 6 nitrogen and oxygen atoms in total. The topological polar surface area (TPSA) is 75.5 Å². The number of carbonyl (C=O) groups is 1. The van der Waals surface area contributed by atoms with Gasteiger partial charge in [0.2, 0.25) is 0 Å². The summed E-state index contributed by atoms with van der Waals surface area (Å²) >= 11 is 0. The monoisotopic (exact) mass is 251 g/mol. The van der Waals surface area contributed by atoms with E-state index in [1.165, 1.54) is 6.07 Å².